The first kappa shape index (κ1) is 16.0. The number of amides is 1. The highest BCUT2D eigenvalue weighted by atomic mass is 32.2. The Bertz CT molecular complexity index is 826. The molecule has 1 N–H and O–H groups in total. The molecule has 1 aromatic carbocycles. The fourth-order valence-electron chi connectivity index (χ4n) is 2.40. The van der Waals surface area contributed by atoms with Crippen molar-refractivity contribution in [3.05, 3.63) is 35.4 Å². The number of sulfonamides is 1. The third-order valence-corrected chi connectivity index (χ3v) is 6.73. The summed E-state index contributed by atoms with van der Waals surface area (Å²) in [6.07, 6.45) is 1.71. The van der Waals surface area contributed by atoms with Crippen molar-refractivity contribution in [1.29, 1.82) is 0 Å². The lowest BCUT2D eigenvalue weighted by Crippen LogP contribution is -2.27. The van der Waals surface area contributed by atoms with Gasteiger partial charge < -0.3 is 0 Å². The second-order valence-corrected chi connectivity index (χ2v) is 8.34. The zero-order valence-electron chi connectivity index (χ0n) is 12.5. The van der Waals surface area contributed by atoms with Crippen molar-refractivity contribution in [1.82, 2.24) is 14.5 Å². The molecule has 0 bridgehead atoms. The van der Waals surface area contributed by atoms with E-state index >= 15 is 0 Å². The van der Waals surface area contributed by atoms with Crippen LogP contribution in [0.1, 0.15) is 28.8 Å². The molecule has 7 nitrogen and oxygen atoms in total. The van der Waals surface area contributed by atoms with Gasteiger partial charge in [0.25, 0.3) is 15.9 Å². The van der Waals surface area contributed by atoms with Crippen molar-refractivity contribution in [3.63, 3.8) is 0 Å². The third-order valence-electron chi connectivity index (χ3n) is 3.64. The van der Waals surface area contributed by atoms with Gasteiger partial charge >= 0.3 is 0 Å². The van der Waals surface area contributed by atoms with E-state index < -0.39 is 10.0 Å². The third kappa shape index (κ3) is 3.26. The van der Waals surface area contributed by atoms with Crippen molar-refractivity contribution in [2.24, 2.45) is 0 Å². The number of anilines is 1. The van der Waals surface area contributed by atoms with E-state index in [2.05, 4.69) is 15.5 Å². The number of rotatable bonds is 4. The van der Waals surface area contributed by atoms with Crippen molar-refractivity contribution in [3.8, 4) is 0 Å². The second kappa shape index (κ2) is 6.34. The van der Waals surface area contributed by atoms with Gasteiger partial charge in [-0.1, -0.05) is 29.5 Å². The van der Waals surface area contributed by atoms with Crippen LogP contribution in [0.3, 0.4) is 0 Å². The number of carbonyl (C=O) groups excluding carboxylic acids is 1. The van der Waals surface area contributed by atoms with E-state index in [4.69, 9.17) is 0 Å². The molecule has 3 rings (SSSR count). The van der Waals surface area contributed by atoms with E-state index in [1.54, 1.807) is 12.1 Å². The van der Waals surface area contributed by atoms with Gasteiger partial charge in [0.1, 0.15) is 0 Å². The molecule has 0 aliphatic carbocycles. The highest BCUT2D eigenvalue weighted by Crippen LogP contribution is 2.26. The Morgan fingerprint density at radius 3 is 2.61 bits per heavy atom. The molecule has 0 spiro atoms. The molecular weight excluding hydrogens is 336 g/mol. The van der Waals surface area contributed by atoms with E-state index in [0.29, 0.717) is 18.7 Å². The largest absolute Gasteiger partial charge is 0.296 e. The number of nitrogens with one attached hydrogen (secondary N) is 1. The summed E-state index contributed by atoms with van der Waals surface area (Å²) >= 11 is 0.872. The Morgan fingerprint density at radius 1 is 1.22 bits per heavy atom. The smallest absolute Gasteiger partial charge is 0.272 e. The Morgan fingerprint density at radius 2 is 1.91 bits per heavy atom. The monoisotopic (exact) mass is 352 g/mol. The molecule has 1 saturated heterocycles. The molecule has 122 valence electrons. The quantitative estimate of drug-likeness (QED) is 0.848. The topological polar surface area (TPSA) is 92.3 Å². The predicted octanol–water partition coefficient (Wildman–Crippen LogP) is 1.88. The molecule has 0 saturated carbocycles. The summed E-state index contributed by atoms with van der Waals surface area (Å²) in [7, 11) is -3.60. The van der Waals surface area contributed by atoms with Crippen molar-refractivity contribution >= 4 is 32.4 Å². The van der Waals surface area contributed by atoms with Crippen molar-refractivity contribution in [2.45, 2.75) is 24.1 Å². The minimum absolute atomic E-state index is 0.0838. The van der Waals surface area contributed by atoms with E-state index in [1.807, 2.05) is 19.1 Å². The van der Waals surface area contributed by atoms with Crippen LogP contribution >= 0.6 is 11.3 Å². The van der Waals surface area contributed by atoms with Gasteiger partial charge in [0, 0.05) is 18.7 Å². The van der Waals surface area contributed by atoms with Crippen LogP contribution in [0.2, 0.25) is 0 Å². The number of hydrogen-bond donors (Lipinski definition) is 1. The zero-order valence-corrected chi connectivity index (χ0v) is 14.2. The summed E-state index contributed by atoms with van der Waals surface area (Å²) in [6.45, 7) is 2.85. The minimum atomic E-state index is -3.60. The molecule has 1 aliphatic rings. The molecule has 1 amide bonds. The zero-order chi connectivity index (χ0) is 16.4. The summed E-state index contributed by atoms with van der Waals surface area (Å²) in [5, 5.41) is 10.3. The van der Waals surface area contributed by atoms with Gasteiger partial charge in [0.2, 0.25) is 9.47 Å². The van der Waals surface area contributed by atoms with Crippen LogP contribution in [0.5, 0.6) is 0 Å². The van der Waals surface area contributed by atoms with Gasteiger partial charge in [-0.3, -0.25) is 10.1 Å². The molecule has 2 heterocycles. The molecule has 1 aromatic heterocycles. The highest BCUT2D eigenvalue weighted by Gasteiger charge is 2.30. The minimum Gasteiger partial charge on any atom is -0.296 e. The molecule has 2 aromatic rings. The number of nitrogens with zero attached hydrogens (tertiary/aromatic N) is 3. The maximum absolute atomic E-state index is 12.4. The molecule has 23 heavy (non-hydrogen) atoms. The molecule has 1 aliphatic heterocycles. The first-order chi connectivity index (χ1) is 11.0. The summed E-state index contributed by atoms with van der Waals surface area (Å²) in [5.41, 5.74) is 1.35. The summed E-state index contributed by atoms with van der Waals surface area (Å²) < 4.78 is 26.1. The lowest BCUT2D eigenvalue weighted by molar-refractivity contribution is 0.102. The summed E-state index contributed by atoms with van der Waals surface area (Å²) in [4.78, 5) is 12.2. The second-order valence-electron chi connectivity index (χ2n) is 5.25. The van der Waals surface area contributed by atoms with Gasteiger partial charge in [0.05, 0.1) is 0 Å². The number of benzene rings is 1. The van der Waals surface area contributed by atoms with Crippen LogP contribution in [0.15, 0.2) is 28.6 Å². The lowest BCUT2D eigenvalue weighted by atomic mass is 10.1. The fraction of sp³-hybridized carbons (Fsp3) is 0.357. The number of hydrogen-bond acceptors (Lipinski definition) is 6. The number of aryl methyl sites for hydroxylation is 1. The Balaban J connectivity index is 1.77. The Hall–Kier alpha value is -1.84. The number of aromatic nitrogens is 2. The maximum atomic E-state index is 12.4. The van der Waals surface area contributed by atoms with Gasteiger partial charge in [-0.25, -0.2) is 8.42 Å². The first-order valence-corrected chi connectivity index (χ1v) is 9.45. The predicted molar refractivity (Wildman–Crippen MR) is 87.0 cm³/mol. The SMILES string of the molecule is Cc1ccccc1C(=O)Nc1nnc(S(=O)(=O)N2CCCC2)s1. The van der Waals surface area contributed by atoms with Crippen LogP contribution in [0, 0.1) is 6.92 Å². The molecule has 0 unspecified atom stereocenters. The molecular formula is C14H16N4O3S2. The van der Waals surface area contributed by atoms with Crippen LogP contribution < -0.4 is 5.32 Å². The van der Waals surface area contributed by atoms with E-state index in [1.165, 1.54) is 4.31 Å². The van der Waals surface area contributed by atoms with Crippen LogP contribution in [-0.2, 0) is 10.0 Å². The normalized spacial score (nSPS) is 15.7. The van der Waals surface area contributed by atoms with Gasteiger partial charge in [-0.15, -0.1) is 10.2 Å². The maximum Gasteiger partial charge on any atom is 0.272 e. The average molecular weight is 352 g/mol. The summed E-state index contributed by atoms with van der Waals surface area (Å²) in [5.74, 6) is -0.329. The Kier molecular flexibility index (Phi) is 4.42. The van der Waals surface area contributed by atoms with Crippen LogP contribution in [-0.4, -0.2) is 41.9 Å². The fourth-order valence-corrected chi connectivity index (χ4v) is 4.95. The molecule has 0 radical (unpaired) electrons. The van der Waals surface area contributed by atoms with Crippen molar-refractivity contribution in [2.75, 3.05) is 18.4 Å². The number of carbonyl (C=O) groups is 1. The average Bonchev–Trinajstić information content (AvgIpc) is 3.19. The van der Waals surface area contributed by atoms with Gasteiger partial charge in [0.15, 0.2) is 0 Å². The van der Waals surface area contributed by atoms with Crippen LogP contribution in [0.25, 0.3) is 0 Å². The van der Waals surface area contributed by atoms with E-state index in [-0.39, 0.29) is 15.4 Å². The summed E-state index contributed by atoms with van der Waals surface area (Å²) in [6, 6.07) is 7.15. The molecule has 1 fully saturated rings. The van der Waals surface area contributed by atoms with Gasteiger partial charge in [-0.05, 0) is 31.4 Å². The first-order valence-electron chi connectivity index (χ1n) is 7.19. The van der Waals surface area contributed by atoms with Gasteiger partial charge in [-0.2, -0.15) is 4.31 Å². The van der Waals surface area contributed by atoms with Crippen molar-refractivity contribution < 1.29 is 13.2 Å². The standard InChI is InChI=1S/C14H16N4O3S2/c1-10-6-2-3-7-11(10)12(19)15-13-16-17-14(22-13)23(20,21)18-8-4-5-9-18/h2-3,6-7H,4-5,8-9H2,1H3,(H,15,16,19). The van der Waals surface area contributed by atoms with E-state index in [9.17, 15) is 13.2 Å². The molecule has 0 atom stereocenters. The van der Waals surface area contributed by atoms with E-state index in [0.717, 1.165) is 29.7 Å². The molecule has 9 heteroatoms. The highest BCUT2D eigenvalue weighted by molar-refractivity contribution is 7.91. The van der Waals surface area contributed by atoms with Crippen LogP contribution in [0.4, 0.5) is 5.13 Å². The lowest BCUT2D eigenvalue weighted by Gasteiger charge is -2.11. The Labute approximate surface area is 138 Å².